The largest absolute Gasteiger partial charge is 0.497 e. The zero-order valence-corrected chi connectivity index (χ0v) is 15.4. The monoisotopic (exact) mass is 379 g/mol. The minimum absolute atomic E-state index is 0.0228. The van der Waals surface area contributed by atoms with Crippen LogP contribution in [0.4, 0.5) is 8.78 Å². The van der Waals surface area contributed by atoms with Crippen molar-refractivity contribution in [1.29, 1.82) is 0 Å². The molecule has 3 rings (SSSR count). The number of morpholine rings is 1. The number of hydrogen-bond donors (Lipinski definition) is 0. The number of hydrogen-bond acceptors (Lipinski definition) is 5. The second kappa shape index (κ2) is 9.01. The normalized spacial score (nSPS) is 17.6. The minimum atomic E-state index is -0.717. The van der Waals surface area contributed by atoms with E-state index in [1.54, 1.807) is 14.2 Å². The molecule has 1 atom stereocenters. The maximum Gasteiger partial charge on any atom is 0.167 e. The van der Waals surface area contributed by atoms with Gasteiger partial charge in [-0.15, -0.1) is 0 Å². The van der Waals surface area contributed by atoms with Crippen molar-refractivity contribution in [1.82, 2.24) is 4.90 Å². The van der Waals surface area contributed by atoms with Crippen molar-refractivity contribution in [2.45, 2.75) is 12.6 Å². The van der Waals surface area contributed by atoms with Crippen molar-refractivity contribution in [3.8, 4) is 17.2 Å². The van der Waals surface area contributed by atoms with Crippen LogP contribution in [-0.4, -0.2) is 51.5 Å². The fraction of sp³-hybridized carbons (Fsp3) is 0.400. The molecule has 146 valence electrons. The molecule has 1 heterocycles. The Morgan fingerprint density at radius 3 is 2.48 bits per heavy atom. The average Bonchev–Trinajstić information content (AvgIpc) is 2.67. The molecule has 1 fully saturated rings. The molecule has 0 aromatic heterocycles. The molecule has 1 aliphatic rings. The van der Waals surface area contributed by atoms with Crippen molar-refractivity contribution in [3.63, 3.8) is 0 Å². The van der Waals surface area contributed by atoms with Crippen LogP contribution in [0.2, 0.25) is 0 Å². The zero-order valence-electron chi connectivity index (χ0n) is 15.4. The quantitative estimate of drug-likeness (QED) is 0.739. The van der Waals surface area contributed by atoms with Gasteiger partial charge in [-0.25, -0.2) is 8.78 Å². The fourth-order valence-electron chi connectivity index (χ4n) is 3.02. The lowest BCUT2D eigenvalue weighted by molar-refractivity contribution is -0.0508. The van der Waals surface area contributed by atoms with E-state index in [-0.39, 0.29) is 18.5 Å². The summed E-state index contributed by atoms with van der Waals surface area (Å²) in [6.45, 7) is 2.88. The molecule has 27 heavy (non-hydrogen) atoms. The van der Waals surface area contributed by atoms with Gasteiger partial charge in [0.1, 0.15) is 30.0 Å². The van der Waals surface area contributed by atoms with Crippen molar-refractivity contribution in [3.05, 3.63) is 53.6 Å². The molecule has 1 aliphatic heterocycles. The highest BCUT2D eigenvalue weighted by Gasteiger charge is 2.22. The van der Waals surface area contributed by atoms with Gasteiger partial charge >= 0.3 is 0 Å². The molecule has 0 saturated carbocycles. The second-order valence-corrected chi connectivity index (χ2v) is 6.33. The van der Waals surface area contributed by atoms with Crippen molar-refractivity contribution in [2.24, 2.45) is 0 Å². The van der Waals surface area contributed by atoms with Gasteiger partial charge in [-0.1, -0.05) is 0 Å². The third-order valence-electron chi connectivity index (χ3n) is 4.36. The van der Waals surface area contributed by atoms with Crippen molar-refractivity contribution >= 4 is 0 Å². The maximum atomic E-state index is 13.7. The van der Waals surface area contributed by atoms with Crippen molar-refractivity contribution < 1.29 is 27.7 Å². The third-order valence-corrected chi connectivity index (χ3v) is 4.36. The van der Waals surface area contributed by atoms with E-state index < -0.39 is 11.6 Å². The Kier molecular flexibility index (Phi) is 6.47. The summed E-state index contributed by atoms with van der Waals surface area (Å²) >= 11 is 0. The predicted octanol–water partition coefficient (Wildman–Crippen LogP) is 3.26. The molecule has 2 aromatic carbocycles. The van der Waals surface area contributed by atoms with Gasteiger partial charge in [0, 0.05) is 31.8 Å². The standard InChI is InChI=1S/C20H23F2NO4/c1-24-16-7-14(8-17(10-16)25-2)11-23-5-6-26-18(12-23)13-27-20-4-3-15(21)9-19(20)22/h3-4,7-10,18H,5-6,11-13H2,1-2H3. The zero-order chi connectivity index (χ0) is 19.2. The molecule has 0 aliphatic carbocycles. The smallest absolute Gasteiger partial charge is 0.167 e. The average molecular weight is 379 g/mol. The van der Waals surface area contributed by atoms with E-state index in [1.165, 1.54) is 12.1 Å². The van der Waals surface area contributed by atoms with Gasteiger partial charge in [-0.2, -0.15) is 0 Å². The molecule has 2 aromatic rings. The molecule has 0 amide bonds. The van der Waals surface area contributed by atoms with E-state index in [1.807, 2.05) is 18.2 Å². The van der Waals surface area contributed by atoms with E-state index in [9.17, 15) is 8.78 Å². The third kappa shape index (κ3) is 5.30. The second-order valence-electron chi connectivity index (χ2n) is 6.33. The Morgan fingerprint density at radius 2 is 1.81 bits per heavy atom. The summed E-state index contributed by atoms with van der Waals surface area (Å²) in [6, 6.07) is 9.03. The van der Waals surface area contributed by atoms with Gasteiger partial charge in [0.05, 0.1) is 20.8 Å². The first-order chi connectivity index (χ1) is 13.1. The van der Waals surface area contributed by atoms with Gasteiger partial charge in [-0.05, 0) is 29.8 Å². The van der Waals surface area contributed by atoms with Crippen LogP contribution < -0.4 is 14.2 Å². The lowest BCUT2D eigenvalue weighted by Gasteiger charge is -2.33. The molecule has 0 spiro atoms. The lowest BCUT2D eigenvalue weighted by atomic mass is 10.1. The molecule has 0 radical (unpaired) electrons. The van der Waals surface area contributed by atoms with Gasteiger partial charge < -0.3 is 18.9 Å². The fourth-order valence-corrected chi connectivity index (χ4v) is 3.02. The SMILES string of the molecule is COc1cc(CN2CCOC(COc3ccc(F)cc3F)C2)cc(OC)c1. The lowest BCUT2D eigenvalue weighted by Crippen LogP contribution is -2.44. The summed E-state index contributed by atoms with van der Waals surface area (Å²) in [6.07, 6.45) is -0.198. The molecule has 0 N–H and O–H groups in total. The van der Waals surface area contributed by atoms with Crippen LogP contribution in [-0.2, 0) is 11.3 Å². The summed E-state index contributed by atoms with van der Waals surface area (Å²) in [4.78, 5) is 2.23. The van der Waals surface area contributed by atoms with Crippen LogP contribution in [0.15, 0.2) is 36.4 Å². The van der Waals surface area contributed by atoms with Crippen LogP contribution in [0.5, 0.6) is 17.2 Å². The molecular formula is C20H23F2NO4. The molecule has 7 heteroatoms. The highest BCUT2D eigenvalue weighted by atomic mass is 19.1. The van der Waals surface area contributed by atoms with Crippen LogP contribution >= 0.6 is 0 Å². The highest BCUT2D eigenvalue weighted by molar-refractivity contribution is 5.38. The van der Waals surface area contributed by atoms with Gasteiger partial charge in [0.2, 0.25) is 0 Å². The first-order valence-corrected chi connectivity index (χ1v) is 8.71. The van der Waals surface area contributed by atoms with Crippen LogP contribution in [0, 0.1) is 11.6 Å². The van der Waals surface area contributed by atoms with E-state index in [0.717, 1.165) is 29.7 Å². The van der Waals surface area contributed by atoms with Gasteiger partial charge in [0.25, 0.3) is 0 Å². The number of ether oxygens (including phenoxy) is 4. The number of nitrogens with zero attached hydrogens (tertiary/aromatic N) is 1. The summed E-state index contributed by atoms with van der Waals surface area (Å²) in [5.41, 5.74) is 1.07. The van der Waals surface area contributed by atoms with E-state index in [4.69, 9.17) is 18.9 Å². The number of benzene rings is 2. The molecule has 5 nitrogen and oxygen atoms in total. The molecule has 0 bridgehead atoms. The Labute approximate surface area is 157 Å². The number of rotatable bonds is 7. The Bertz CT molecular complexity index is 749. The van der Waals surface area contributed by atoms with Crippen LogP contribution in [0.25, 0.3) is 0 Å². The summed E-state index contributed by atoms with van der Waals surface area (Å²) < 4.78 is 48.4. The van der Waals surface area contributed by atoms with E-state index in [2.05, 4.69) is 4.90 Å². The van der Waals surface area contributed by atoms with Gasteiger partial charge in [0.15, 0.2) is 11.6 Å². The predicted molar refractivity (Wildman–Crippen MR) is 96.4 cm³/mol. The number of methoxy groups -OCH3 is 2. The number of halogens is 2. The van der Waals surface area contributed by atoms with Crippen LogP contribution in [0.1, 0.15) is 5.56 Å². The van der Waals surface area contributed by atoms with E-state index in [0.29, 0.717) is 19.7 Å². The van der Waals surface area contributed by atoms with Crippen molar-refractivity contribution in [2.75, 3.05) is 40.5 Å². The Balaban J connectivity index is 1.58. The molecular weight excluding hydrogens is 356 g/mol. The highest BCUT2D eigenvalue weighted by Crippen LogP contribution is 2.24. The minimum Gasteiger partial charge on any atom is -0.497 e. The summed E-state index contributed by atoms with van der Waals surface area (Å²) in [7, 11) is 3.24. The Hall–Kier alpha value is -2.38. The topological polar surface area (TPSA) is 40.2 Å². The molecule has 1 saturated heterocycles. The Morgan fingerprint density at radius 1 is 1.07 bits per heavy atom. The first kappa shape index (κ1) is 19.4. The van der Waals surface area contributed by atoms with E-state index >= 15 is 0 Å². The van der Waals surface area contributed by atoms with Gasteiger partial charge in [-0.3, -0.25) is 4.90 Å². The molecule has 1 unspecified atom stereocenters. The summed E-state index contributed by atoms with van der Waals surface area (Å²) in [5.74, 6) is 0.156. The van der Waals surface area contributed by atoms with Crippen LogP contribution in [0.3, 0.4) is 0 Å². The maximum absolute atomic E-state index is 13.7. The summed E-state index contributed by atoms with van der Waals surface area (Å²) in [5, 5.41) is 0. The first-order valence-electron chi connectivity index (χ1n) is 8.71.